The Morgan fingerprint density at radius 3 is 2.86 bits per heavy atom. The Balaban J connectivity index is 1.77. The second-order valence-electron chi connectivity index (χ2n) is 5.18. The van der Waals surface area contributed by atoms with Gasteiger partial charge >= 0.3 is 0 Å². The number of aromatic nitrogens is 1. The fourth-order valence-electron chi connectivity index (χ4n) is 2.43. The first-order chi connectivity index (χ1) is 10.1. The summed E-state index contributed by atoms with van der Waals surface area (Å²) in [6, 6.07) is 7.51. The molecule has 1 fully saturated rings. The van der Waals surface area contributed by atoms with Crippen molar-refractivity contribution in [3.05, 3.63) is 29.6 Å². The number of carbonyl (C=O) groups excluding carboxylic acids is 1. The largest absolute Gasteiger partial charge is 0.399 e. The van der Waals surface area contributed by atoms with Crippen molar-refractivity contribution in [2.45, 2.75) is 18.9 Å². The summed E-state index contributed by atoms with van der Waals surface area (Å²) in [4.78, 5) is 18.6. The van der Waals surface area contributed by atoms with E-state index in [-0.39, 0.29) is 11.9 Å². The van der Waals surface area contributed by atoms with Gasteiger partial charge in [0.1, 0.15) is 0 Å². The molecular weight excluding hydrogens is 284 g/mol. The third kappa shape index (κ3) is 2.91. The summed E-state index contributed by atoms with van der Waals surface area (Å²) in [6.07, 6.45) is 1.96. The van der Waals surface area contributed by atoms with Crippen molar-refractivity contribution in [2.75, 3.05) is 24.2 Å². The number of hydrogen-bond donors (Lipinski definition) is 2. The number of likely N-dealkylation sites (N-methyl/N-ethyl adjacent to an activating group) is 1. The standard InChI is InChI=1S/C15H18N4OS/c1-19(14(20)12-3-2-8-17-12)15-18-13(9-21-15)10-4-6-11(16)7-5-10/h4-7,9,12,17H,2-3,8,16H2,1H3. The Hall–Kier alpha value is -1.92. The van der Waals surface area contributed by atoms with Crippen LogP contribution in [0.5, 0.6) is 0 Å². The Labute approximate surface area is 127 Å². The molecule has 0 spiro atoms. The van der Waals surface area contributed by atoms with E-state index in [2.05, 4.69) is 10.3 Å². The van der Waals surface area contributed by atoms with Crippen LogP contribution < -0.4 is 16.0 Å². The summed E-state index contributed by atoms with van der Waals surface area (Å²) < 4.78 is 0. The molecule has 1 amide bonds. The normalized spacial score (nSPS) is 17.9. The van der Waals surface area contributed by atoms with E-state index in [1.165, 1.54) is 11.3 Å². The van der Waals surface area contributed by atoms with Gasteiger partial charge in [0.25, 0.3) is 0 Å². The third-order valence-electron chi connectivity index (χ3n) is 3.67. The third-order valence-corrected chi connectivity index (χ3v) is 4.59. The molecule has 2 aromatic rings. The smallest absolute Gasteiger partial charge is 0.245 e. The molecule has 1 aliphatic rings. The van der Waals surface area contributed by atoms with Crippen LogP contribution >= 0.6 is 11.3 Å². The van der Waals surface area contributed by atoms with Gasteiger partial charge in [0, 0.05) is 23.7 Å². The van der Waals surface area contributed by atoms with Crippen LogP contribution in [0.25, 0.3) is 11.3 Å². The lowest BCUT2D eigenvalue weighted by molar-refractivity contribution is -0.119. The van der Waals surface area contributed by atoms with E-state index in [4.69, 9.17) is 5.73 Å². The topological polar surface area (TPSA) is 71.2 Å². The van der Waals surface area contributed by atoms with Gasteiger partial charge in [-0.25, -0.2) is 4.98 Å². The fraction of sp³-hybridized carbons (Fsp3) is 0.333. The molecular formula is C15H18N4OS. The number of anilines is 2. The molecule has 21 heavy (non-hydrogen) atoms. The highest BCUT2D eigenvalue weighted by Gasteiger charge is 2.26. The number of carbonyl (C=O) groups is 1. The van der Waals surface area contributed by atoms with Gasteiger partial charge in [-0.2, -0.15) is 0 Å². The van der Waals surface area contributed by atoms with Gasteiger partial charge < -0.3 is 11.1 Å². The second-order valence-corrected chi connectivity index (χ2v) is 6.02. The number of nitrogen functional groups attached to an aromatic ring is 1. The van der Waals surface area contributed by atoms with Crippen LogP contribution in [0.4, 0.5) is 10.8 Å². The van der Waals surface area contributed by atoms with E-state index in [1.807, 2.05) is 29.6 Å². The number of nitrogens with one attached hydrogen (secondary N) is 1. The van der Waals surface area contributed by atoms with Crippen LogP contribution in [0.1, 0.15) is 12.8 Å². The van der Waals surface area contributed by atoms with Gasteiger partial charge in [0.05, 0.1) is 11.7 Å². The van der Waals surface area contributed by atoms with Crippen molar-refractivity contribution in [1.82, 2.24) is 10.3 Å². The lowest BCUT2D eigenvalue weighted by Crippen LogP contribution is -2.41. The number of thiazole rings is 1. The van der Waals surface area contributed by atoms with E-state index in [0.717, 1.165) is 41.5 Å². The van der Waals surface area contributed by atoms with Crippen LogP contribution in [-0.4, -0.2) is 30.5 Å². The summed E-state index contributed by atoms with van der Waals surface area (Å²) in [5.41, 5.74) is 8.30. The average Bonchev–Trinajstić information content (AvgIpc) is 3.18. The summed E-state index contributed by atoms with van der Waals surface area (Å²) in [6.45, 7) is 0.915. The number of nitrogens with two attached hydrogens (primary N) is 1. The minimum absolute atomic E-state index is 0.0705. The summed E-state index contributed by atoms with van der Waals surface area (Å²) in [7, 11) is 1.79. The molecule has 1 aromatic carbocycles. The first-order valence-corrected chi connectivity index (χ1v) is 7.85. The SMILES string of the molecule is CN(C(=O)C1CCCN1)c1nc(-c2ccc(N)cc2)cs1. The minimum atomic E-state index is -0.0705. The van der Waals surface area contributed by atoms with Crippen LogP contribution in [-0.2, 0) is 4.79 Å². The van der Waals surface area contributed by atoms with Gasteiger partial charge in [0.2, 0.25) is 5.91 Å². The molecule has 3 rings (SSSR count). The number of benzene rings is 1. The van der Waals surface area contributed by atoms with E-state index >= 15 is 0 Å². The van der Waals surface area contributed by atoms with Gasteiger partial charge in [-0.1, -0.05) is 12.1 Å². The van der Waals surface area contributed by atoms with Crippen LogP contribution in [0.3, 0.4) is 0 Å². The molecule has 3 N–H and O–H groups in total. The highest BCUT2D eigenvalue weighted by molar-refractivity contribution is 7.14. The van der Waals surface area contributed by atoms with E-state index in [9.17, 15) is 4.79 Å². The molecule has 110 valence electrons. The van der Waals surface area contributed by atoms with Crippen molar-refractivity contribution in [3.8, 4) is 11.3 Å². The molecule has 1 atom stereocenters. The monoisotopic (exact) mass is 302 g/mol. The predicted octanol–water partition coefficient (Wildman–Crippen LogP) is 2.11. The molecule has 0 saturated carbocycles. The zero-order chi connectivity index (χ0) is 14.8. The lowest BCUT2D eigenvalue weighted by Gasteiger charge is -2.18. The van der Waals surface area contributed by atoms with Crippen molar-refractivity contribution < 1.29 is 4.79 Å². The second kappa shape index (κ2) is 5.83. The quantitative estimate of drug-likeness (QED) is 0.852. The first kappa shape index (κ1) is 14.0. The Morgan fingerprint density at radius 2 is 2.19 bits per heavy atom. The van der Waals surface area contributed by atoms with Gasteiger partial charge in [0.15, 0.2) is 5.13 Å². The van der Waals surface area contributed by atoms with Crippen molar-refractivity contribution in [2.24, 2.45) is 0 Å². The number of hydrogen-bond acceptors (Lipinski definition) is 5. The fourth-order valence-corrected chi connectivity index (χ4v) is 3.23. The van der Waals surface area contributed by atoms with E-state index in [1.54, 1.807) is 11.9 Å². The van der Waals surface area contributed by atoms with Crippen molar-refractivity contribution >= 4 is 28.1 Å². The molecule has 6 heteroatoms. The van der Waals surface area contributed by atoms with Crippen molar-refractivity contribution in [3.63, 3.8) is 0 Å². The molecule has 0 bridgehead atoms. The van der Waals surface area contributed by atoms with Crippen LogP contribution in [0.2, 0.25) is 0 Å². The summed E-state index contributed by atoms with van der Waals surface area (Å²) in [5.74, 6) is 0.0886. The molecule has 1 saturated heterocycles. The average molecular weight is 302 g/mol. The zero-order valence-corrected chi connectivity index (χ0v) is 12.7. The first-order valence-electron chi connectivity index (χ1n) is 6.97. The van der Waals surface area contributed by atoms with Crippen LogP contribution in [0, 0.1) is 0 Å². The maximum atomic E-state index is 12.3. The maximum Gasteiger partial charge on any atom is 0.245 e. The molecule has 1 aliphatic heterocycles. The molecule has 1 unspecified atom stereocenters. The highest BCUT2D eigenvalue weighted by atomic mass is 32.1. The molecule has 0 radical (unpaired) electrons. The van der Waals surface area contributed by atoms with Crippen molar-refractivity contribution in [1.29, 1.82) is 0 Å². The van der Waals surface area contributed by atoms with E-state index < -0.39 is 0 Å². The predicted molar refractivity (Wildman–Crippen MR) is 86.4 cm³/mol. The zero-order valence-electron chi connectivity index (χ0n) is 11.9. The number of amides is 1. The summed E-state index contributed by atoms with van der Waals surface area (Å²) >= 11 is 1.48. The molecule has 0 aliphatic carbocycles. The van der Waals surface area contributed by atoms with Gasteiger partial charge in [-0.15, -0.1) is 11.3 Å². The van der Waals surface area contributed by atoms with Gasteiger partial charge in [-0.05, 0) is 31.5 Å². The van der Waals surface area contributed by atoms with E-state index in [0.29, 0.717) is 0 Å². The number of nitrogens with zero attached hydrogens (tertiary/aromatic N) is 2. The lowest BCUT2D eigenvalue weighted by atomic mass is 10.1. The molecule has 2 heterocycles. The molecule has 1 aromatic heterocycles. The highest BCUT2D eigenvalue weighted by Crippen LogP contribution is 2.28. The Kier molecular flexibility index (Phi) is 3.90. The summed E-state index contributed by atoms with van der Waals surface area (Å²) in [5, 5.41) is 5.91. The van der Waals surface area contributed by atoms with Gasteiger partial charge in [-0.3, -0.25) is 9.69 Å². The Bertz CT molecular complexity index is 631. The Morgan fingerprint density at radius 1 is 1.43 bits per heavy atom. The number of rotatable bonds is 3. The minimum Gasteiger partial charge on any atom is -0.399 e. The maximum absolute atomic E-state index is 12.3. The van der Waals surface area contributed by atoms with Crippen LogP contribution in [0.15, 0.2) is 29.6 Å². The molecule has 5 nitrogen and oxygen atoms in total.